The van der Waals surface area contributed by atoms with Gasteiger partial charge in [-0.3, -0.25) is 0 Å². The van der Waals surface area contributed by atoms with Crippen LogP contribution in [-0.2, 0) is 0 Å². The maximum Gasteiger partial charge on any atom is 0.0819 e. The molecule has 84 valence electrons. The molecule has 0 aromatic rings. The molecule has 0 aliphatic heterocycles. The summed E-state index contributed by atoms with van der Waals surface area (Å²) in [5.74, 6) is 0.697. The predicted octanol–water partition coefficient (Wildman–Crippen LogP) is 2.30. The molecule has 2 heteroatoms. The van der Waals surface area contributed by atoms with Gasteiger partial charge in [-0.05, 0) is 17.8 Å². The van der Waals surface area contributed by atoms with Crippen molar-refractivity contribution in [2.24, 2.45) is 17.1 Å². The molecule has 1 fully saturated rings. The van der Waals surface area contributed by atoms with Crippen LogP contribution in [-0.4, -0.2) is 17.3 Å². The lowest BCUT2D eigenvalue weighted by Gasteiger charge is -2.41. The van der Waals surface area contributed by atoms with Gasteiger partial charge in [0.25, 0.3) is 0 Å². The van der Waals surface area contributed by atoms with Gasteiger partial charge in [0.1, 0.15) is 0 Å². The third kappa shape index (κ3) is 2.48. The summed E-state index contributed by atoms with van der Waals surface area (Å²) < 4.78 is 0. The Morgan fingerprint density at radius 1 is 1.21 bits per heavy atom. The smallest absolute Gasteiger partial charge is 0.0819 e. The molecule has 0 bridgehead atoms. The molecular weight excluding hydrogens is 174 g/mol. The van der Waals surface area contributed by atoms with Crippen LogP contribution in [0.1, 0.15) is 52.9 Å². The minimum Gasteiger partial charge on any atom is -0.388 e. The predicted molar refractivity (Wildman–Crippen MR) is 60.0 cm³/mol. The number of rotatable bonds is 3. The first kappa shape index (κ1) is 12.0. The molecule has 0 aromatic carbocycles. The Balaban J connectivity index is 2.60. The van der Waals surface area contributed by atoms with Crippen molar-refractivity contribution >= 4 is 0 Å². The Labute approximate surface area is 87.9 Å². The molecular formula is C12H25NO. The lowest BCUT2D eigenvalue weighted by Crippen LogP contribution is -2.50. The van der Waals surface area contributed by atoms with E-state index in [4.69, 9.17) is 5.73 Å². The lowest BCUT2D eigenvalue weighted by molar-refractivity contribution is -0.0671. The largest absolute Gasteiger partial charge is 0.388 e. The van der Waals surface area contributed by atoms with Gasteiger partial charge in [-0.2, -0.15) is 0 Å². The van der Waals surface area contributed by atoms with E-state index in [1.54, 1.807) is 0 Å². The third-order valence-electron chi connectivity index (χ3n) is 3.83. The average Bonchev–Trinajstić information content (AvgIpc) is 2.54. The van der Waals surface area contributed by atoms with Gasteiger partial charge in [-0.15, -0.1) is 0 Å². The molecule has 0 saturated heterocycles. The van der Waals surface area contributed by atoms with Crippen molar-refractivity contribution in [2.45, 2.75) is 58.5 Å². The van der Waals surface area contributed by atoms with Gasteiger partial charge >= 0.3 is 0 Å². The van der Waals surface area contributed by atoms with Crippen LogP contribution in [0, 0.1) is 11.3 Å². The quantitative estimate of drug-likeness (QED) is 0.732. The van der Waals surface area contributed by atoms with E-state index < -0.39 is 5.60 Å². The highest BCUT2D eigenvalue weighted by molar-refractivity contribution is 4.93. The first-order valence-electron chi connectivity index (χ1n) is 5.81. The van der Waals surface area contributed by atoms with Crippen molar-refractivity contribution in [2.75, 3.05) is 6.54 Å². The van der Waals surface area contributed by atoms with Crippen molar-refractivity contribution in [1.82, 2.24) is 0 Å². The number of aliphatic hydroxyl groups is 1. The Hall–Kier alpha value is -0.0800. The Morgan fingerprint density at radius 3 is 2.07 bits per heavy atom. The number of hydrogen-bond acceptors (Lipinski definition) is 2. The molecule has 1 rings (SSSR count). The molecule has 1 aliphatic rings. The number of nitrogens with two attached hydrogens (primary N) is 1. The molecule has 14 heavy (non-hydrogen) atoms. The van der Waals surface area contributed by atoms with Gasteiger partial charge in [0, 0.05) is 6.54 Å². The van der Waals surface area contributed by atoms with Crippen molar-refractivity contribution in [1.29, 1.82) is 0 Å². The van der Waals surface area contributed by atoms with Gasteiger partial charge in [-0.1, -0.05) is 46.5 Å². The van der Waals surface area contributed by atoms with Gasteiger partial charge in [-0.25, -0.2) is 0 Å². The van der Waals surface area contributed by atoms with E-state index in [1.807, 2.05) is 0 Å². The molecule has 3 N–H and O–H groups in total. The van der Waals surface area contributed by atoms with E-state index in [2.05, 4.69) is 20.8 Å². The Bertz CT molecular complexity index is 179. The van der Waals surface area contributed by atoms with Crippen LogP contribution in [0.15, 0.2) is 0 Å². The standard InChI is InChI=1S/C12H25NO/c1-11(2,3)12(14,9-13)8-10-6-4-5-7-10/h10,14H,4-9,13H2,1-3H3. The van der Waals surface area contributed by atoms with E-state index in [0.29, 0.717) is 12.5 Å². The second-order valence-electron chi connectivity index (χ2n) is 5.84. The Morgan fingerprint density at radius 2 is 1.71 bits per heavy atom. The van der Waals surface area contributed by atoms with Crippen LogP contribution in [0.3, 0.4) is 0 Å². The maximum absolute atomic E-state index is 10.5. The fourth-order valence-corrected chi connectivity index (χ4v) is 2.39. The molecule has 0 spiro atoms. The molecule has 1 atom stereocenters. The summed E-state index contributed by atoms with van der Waals surface area (Å²) in [6, 6.07) is 0. The summed E-state index contributed by atoms with van der Waals surface area (Å²) in [4.78, 5) is 0. The monoisotopic (exact) mass is 199 g/mol. The maximum atomic E-state index is 10.5. The first-order valence-corrected chi connectivity index (χ1v) is 5.81. The fraction of sp³-hybridized carbons (Fsp3) is 1.00. The third-order valence-corrected chi connectivity index (χ3v) is 3.83. The second kappa shape index (κ2) is 4.19. The molecule has 0 radical (unpaired) electrons. The van der Waals surface area contributed by atoms with E-state index in [9.17, 15) is 5.11 Å². The zero-order valence-corrected chi connectivity index (χ0v) is 9.84. The minimum absolute atomic E-state index is 0.107. The number of hydrogen-bond donors (Lipinski definition) is 2. The van der Waals surface area contributed by atoms with E-state index in [0.717, 1.165) is 6.42 Å². The van der Waals surface area contributed by atoms with Gasteiger partial charge in [0.05, 0.1) is 5.60 Å². The molecule has 0 heterocycles. The van der Waals surface area contributed by atoms with Crippen molar-refractivity contribution in [3.05, 3.63) is 0 Å². The molecule has 2 nitrogen and oxygen atoms in total. The van der Waals surface area contributed by atoms with Crippen LogP contribution < -0.4 is 5.73 Å². The van der Waals surface area contributed by atoms with Crippen LogP contribution >= 0.6 is 0 Å². The summed E-state index contributed by atoms with van der Waals surface area (Å²) in [6.45, 7) is 6.62. The minimum atomic E-state index is -0.679. The van der Waals surface area contributed by atoms with Crippen molar-refractivity contribution in [3.63, 3.8) is 0 Å². The highest BCUT2D eigenvalue weighted by Crippen LogP contribution is 2.39. The molecule has 0 amide bonds. The van der Waals surface area contributed by atoms with Gasteiger partial charge in [0.15, 0.2) is 0 Å². The molecule has 0 aromatic heterocycles. The van der Waals surface area contributed by atoms with Gasteiger partial charge in [0.2, 0.25) is 0 Å². The highest BCUT2D eigenvalue weighted by atomic mass is 16.3. The SMILES string of the molecule is CC(C)(C)C(O)(CN)CC1CCCC1. The summed E-state index contributed by atoms with van der Waals surface area (Å²) in [5, 5.41) is 10.5. The van der Waals surface area contributed by atoms with Crippen molar-refractivity contribution < 1.29 is 5.11 Å². The zero-order valence-electron chi connectivity index (χ0n) is 9.84. The second-order valence-corrected chi connectivity index (χ2v) is 5.84. The first-order chi connectivity index (χ1) is 6.39. The fourth-order valence-electron chi connectivity index (χ4n) is 2.39. The normalized spacial score (nSPS) is 23.8. The molecule has 1 aliphatic carbocycles. The lowest BCUT2D eigenvalue weighted by atomic mass is 9.71. The van der Waals surface area contributed by atoms with E-state index in [1.165, 1.54) is 25.7 Å². The topological polar surface area (TPSA) is 46.2 Å². The summed E-state index contributed by atoms with van der Waals surface area (Å²) >= 11 is 0. The highest BCUT2D eigenvalue weighted by Gasteiger charge is 2.40. The van der Waals surface area contributed by atoms with E-state index in [-0.39, 0.29) is 5.41 Å². The average molecular weight is 199 g/mol. The van der Waals surface area contributed by atoms with Crippen LogP contribution in [0.5, 0.6) is 0 Å². The van der Waals surface area contributed by atoms with Crippen LogP contribution in [0.4, 0.5) is 0 Å². The molecule has 1 saturated carbocycles. The summed E-state index contributed by atoms with van der Waals surface area (Å²) in [5.41, 5.74) is 4.94. The van der Waals surface area contributed by atoms with Gasteiger partial charge < -0.3 is 10.8 Å². The van der Waals surface area contributed by atoms with Crippen LogP contribution in [0.2, 0.25) is 0 Å². The molecule has 1 unspecified atom stereocenters. The van der Waals surface area contributed by atoms with Crippen LogP contribution in [0.25, 0.3) is 0 Å². The van der Waals surface area contributed by atoms with E-state index >= 15 is 0 Å². The Kier molecular flexibility index (Phi) is 3.59. The summed E-state index contributed by atoms with van der Waals surface area (Å²) in [6.07, 6.45) is 6.09. The zero-order chi connectivity index (χ0) is 10.8. The summed E-state index contributed by atoms with van der Waals surface area (Å²) in [7, 11) is 0. The van der Waals surface area contributed by atoms with Crippen molar-refractivity contribution in [3.8, 4) is 0 Å².